The number of hydrogen-bond donors (Lipinski definition) is 2. The molecule has 2 rings (SSSR count). The van der Waals surface area contributed by atoms with E-state index in [-0.39, 0.29) is 24.1 Å². The minimum absolute atomic E-state index is 0.110. The average Bonchev–Trinajstić information content (AvgIpc) is 2.89. The Morgan fingerprint density at radius 2 is 1.90 bits per heavy atom. The van der Waals surface area contributed by atoms with Gasteiger partial charge in [0.05, 0.1) is 22.8 Å². The van der Waals surface area contributed by atoms with Crippen LogP contribution < -0.4 is 5.32 Å². The zero-order chi connectivity index (χ0) is 14.9. The molecule has 1 amide bonds. The highest BCUT2D eigenvalue weighted by molar-refractivity contribution is 7.92. The van der Waals surface area contributed by atoms with Crippen molar-refractivity contribution in [3.63, 3.8) is 0 Å². The van der Waals surface area contributed by atoms with Gasteiger partial charge >= 0.3 is 5.97 Å². The summed E-state index contributed by atoms with van der Waals surface area (Å²) in [6.07, 6.45) is 2.28. The van der Waals surface area contributed by atoms with Gasteiger partial charge in [0.25, 0.3) is 0 Å². The fourth-order valence-electron chi connectivity index (χ4n) is 3.29. The van der Waals surface area contributed by atoms with Crippen molar-refractivity contribution in [1.29, 1.82) is 0 Å². The van der Waals surface area contributed by atoms with Crippen molar-refractivity contribution >= 4 is 21.7 Å². The SMILES string of the molecule is CC1CC(C(=O)O)C(C(=O)NCC2CCCS2(=O)=O)C1. The summed E-state index contributed by atoms with van der Waals surface area (Å²) >= 11 is 0. The van der Waals surface area contributed by atoms with E-state index < -0.39 is 32.9 Å². The normalized spacial score (nSPS) is 35.9. The van der Waals surface area contributed by atoms with Crippen LogP contribution in [0, 0.1) is 17.8 Å². The van der Waals surface area contributed by atoms with Gasteiger partial charge in [0.15, 0.2) is 9.84 Å². The van der Waals surface area contributed by atoms with Gasteiger partial charge in [-0.25, -0.2) is 8.42 Å². The Morgan fingerprint density at radius 1 is 1.25 bits per heavy atom. The van der Waals surface area contributed by atoms with Gasteiger partial charge in [-0.15, -0.1) is 0 Å². The molecule has 114 valence electrons. The second kappa shape index (κ2) is 5.71. The van der Waals surface area contributed by atoms with Crippen molar-refractivity contribution in [2.75, 3.05) is 12.3 Å². The second-order valence-corrected chi connectivity index (χ2v) is 8.40. The van der Waals surface area contributed by atoms with Crippen LogP contribution in [0.3, 0.4) is 0 Å². The zero-order valence-corrected chi connectivity index (χ0v) is 12.4. The lowest BCUT2D eigenvalue weighted by Gasteiger charge is -2.17. The molecule has 6 nitrogen and oxygen atoms in total. The number of carboxylic acid groups (broad SMARTS) is 1. The molecule has 0 aromatic heterocycles. The molecule has 1 aliphatic carbocycles. The Labute approximate surface area is 118 Å². The van der Waals surface area contributed by atoms with Gasteiger partial charge in [-0.05, 0) is 31.6 Å². The molecule has 4 atom stereocenters. The first kappa shape index (κ1) is 15.3. The number of carbonyl (C=O) groups excluding carboxylic acids is 1. The van der Waals surface area contributed by atoms with Crippen LogP contribution in [-0.2, 0) is 19.4 Å². The maximum Gasteiger partial charge on any atom is 0.307 e. The van der Waals surface area contributed by atoms with Crippen LogP contribution in [0.4, 0.5) is 0 Å². The van der Waals surface area contributed by atoms with E-state index in [4.69, 9.17) is 5.11 Å². The molecule has 7 heteroatoms. The van der Waals surface area contributed by atoms with E-state index in [1.54, 1.807) is 0 Å². The highest BCUT2D eigenvalue weighted by Gasteiger charge is 2.41. The third-order valence-corrected chi connectivity index (χ3v) is 6.69. The summed E-state index contributed by atoms with van der Waals surface area (Å²) in [6.45, 7) is 2.04. The predicted molar refractivity (Wildman–Crippen MR) is 72.8 cm³/mol. The predicted octanol–water partition coefficient (Wildman–Crippen LogP) is 0.427. The number of aliphatic carboxylic acids is 1. The van der Waals surface area contributed by atoms with Crippen LogP contribution in [0.2, 0.25) is 0 Å². The molecule has 0 spiro atoms. The molecule has 0 bridgehead atoms. The van der Waals surface area contributed by atoms with Crippen LogP contribution in [0.15, 0.2) is 0 Å². The van der Waals surface area contributed by atoms with E-state index >= 15 is 0 Å². The second-order valence-electron chi connectivity index (χ2n) is 6.00. The number of amides is 1. The van der Waals surface area contributed by atoms with E-state index in [9.17, 15) is 18.0 Å². The van der Waals surface area contributed by atoms with Gasteiger partial charge in [0.2, 0.25) is 5.91 Å². The van der Waals surface area contributed by atoms with Crippen molar-refractivity contribution in [2.24, 2.45) is 17.8 Å². The Hall–Kier alpha value is -1.11. The van der Waals surface area contributed by atoms with Gasteiger partial charge in [-0.3, -0.25) is 9.59 Å². The molecule has 0 aromatic carbocycles. The van der Waals surface area contributed by atoms with Crippen molar-refractivity contribution in [3.05, 3.63) is 0 Å². The number of rotatable bonds is 4. The largest absolute Gasteiger partial charge is 0.481 e. The molecule has 1 aliphatic heterocycles. The van der Waals surface area contributed by atoms with Gasteiger partial charge in [0, 0.05) is 6.54 Å². The maximum atomic E-state index is 12.1. The van der Waals surface area contributed by atoms with Crippen molar-refractivity contribution < 1.29 is 23.1 Å². The smallest absolute Gasteiger partial charge is 0.307 e. The molecule has 1 heterocycles. The molecule has 2 fully saturated rings. The monoisotopic (exact) mass is 303 g/mol. The minimum Gasteiger partial charge on any atom is -0.481 e. The maximum absolute atomic E-state index is 12.1. The lowest BCUT2D eigenvalue weighted by molar-refractivity contribution is -0.146. The van der Waals surface area contributed by atoms with Gasteiger partial charge in [0.1, 0.15) is 0 Å². The van der Waals surface area contributed by atoms with E-state index in [1.165, 1.54) is 0 Å². The molecule has 0 aromatic rings. The van der Waals surface area contributed by atoms with Crippen LogP contribution in [-0.4, -0.2) is 42.9 Å². The Kier molecular flexibility index (Phi) is 4.36. The van der Waals surface area contributed by atoms with Crippen LogP contribution >= 0.6 is 0 Å². The number of hydrogen-bond acceptors (Lipinski definition) is 4. The summed E-state index contributed by atoms with van der Waals surface area (Å²) < 4.78 is 23.3. The first-order valence-electron chi connectivity index (χ1n) is 7.03. The summed E-state index contributed by atoms with van der Waals surface area (Å²) in [6, 6.07) is 0. The molecule has 4 unspecified atom stereocenters. The number of sulfone groups is 1. The quantitative estimate of drug-likeness (QED) is 0.784. The van der Waals surface area contributed by atoms with Gasteiger partial charge < -0.3 is 10.4 Å². The summed E-state index contributed by atoms with van der Waals surface area (Å²) in [5.74, 6) is -2.04. The van der Waals surface area contributed by atoms with Crippen LogP contribution in [0.1, 0.15) is 32.6 Å². The first-order chi connectivity index (χ1) is 9.31. The van der Waals surface area contributed by atoms with E-state index in [0.717, 1.165) is 0 Å². The Morgan fingerprint density at radius 3 is 2.45 bits per heavy atom. The van der Waals surface area contributed by atoms with Gasteiger partial charge in [-0.1, -0.05) is 6.92 Å². The molecular weight excluding hydrogens is 282 g/mol. The molecular formula is C13H21NO5S. The standard InChI is InChI=1S/C13H21NO5S/c1-8-5-10(11(6-8)13(16)17)12(15)14-7-9-3-2-4-20(9,18)19/h8-11H,2-7H2,1H3,(H,14,15)(H,16,17). The minimum atomic E-state index is -3.08. The summed E-state index contributed by atoms with van der Waals surface area (Å²) in [4.78, 5) is 23.3. The zero-order valence-electron chi connectivity index (χ0n) is 11.5. The fraction of sp³-hybridized carbons (Fsp3) is 0.846. The van der Waals surface area contributed by atoms with E-state index in [2.05, 4.69) is 5.32 Å². The van der Waals surface area contributed by atoms with E-state index in [0.29, 0.717) is 25.7 Å². The van der Waals surface area contributed by atoms with Crippen molar-refractivity contribution in [3.8, 4) is 0 Å². The first-order valence-corrected chi connectivity index (χ1v) is 8.75. The lowest BCUT2D eigenvalue weighted by Crippen LogP contribution is -2.40. The molecule has 2 aliphatic rings. The van der Waals surface area contributed by atoms with Crippen molar-refractivity contribution in [1.82, 2.24) is 5.32 Å². The number of carbonyl (C=O) groups is 2. The van der Waals surface area contributed by atoms with Crippen LogP contribution in [0.25, 0.3) is 0 Å². The van der Waals surface area contributed by atoms with Gasteiger partial charge in [-0.2, -0.15) is 0 Å². The number of carboxylic acids is 1. The summed E-state index contributed by atoms with van der Waals surface area (Å²) in [5, 5.41) is 11.3. The molecule has 2 N–H and O–H groups in total. The molecule has 20 heavy (non-hydrogen) atoms. The van der Waals surface area contributed by atoms with Crippen molar-refractivity contribution in [2.45, 2.75) is 37.9 Å². The van der Waals surface area contributed by atoms with Crippen LogP contribution in [0.5, 0.6) is 0 Å². The molecule has 1 saturated heterocycles. The molecule has 1 saturated carbocycles. The Bertz CT molecular complexity index is 501. The highest BCUT2D eigenvalue weighted by Crippen LogP contribution is 2.36. The summed E-state index contributed by atoms with van der Waals surface area (Å²) in [7, 11) is -3.08. The lowest BCUT2D eigenvalue weighted by atomic mass is 9.95. The molecule has 0 radical (unpaired) electrons. The topological polar surface area (TPSA) is 101 Å². The fourth-order valence-corrected chi connectivity index (χ4v) is 5.05. The third-order valence-electron chi connectivity index (χ3n) is 4.42. The Balaban J connectivity index is 1.93. The highest BCUT2D eigenvalue weighted by atomic mass is 32.2. The third kappa shape index (κ3) is 3.13. The summed E-state index contributed by atoms with van der Waals surface area (Å²) in [5.41, 5.74) is 0. The number of nitrogens with one attached hydrogen (secondary N) is 1. The average molecular weight is 303 g/mol. The van der Waals surface area contributed by atoms with E-state index in [1.807, 2.05) is 6.92 Å².